The SMILES string of the molecule is CN(C)CCO/N=C(\c1ccn2c1CS[C@@H]2c1cccnc1)c1cn(C(=O)N(C)C)c2cc(-c3ccc(F)cc3)ccc12. The number of carbonyl (C=O) groups excluding carboxylic acids is 1. The van der Waals surface area contributed by atoms with Crippen LogP contribution in [0.3, 0.4) is 0 Å². The molecule has 0 aliphatic carbocycles. The van der Waals surface area contributed by atoms with Crippen molar-refractivity contribution in [2.24, 2.45) is 5.16 Å². The lowest BCUT2D eigenvalue weighted by molar-refractivity contribution is 0.126. The van der Waals surface area contributed by atoms with Crippen molar-refractivity contribution in [3.8, 4) is 11.1 Å². The first-order valence-electron chi connectivity index (χ1n) is 14.0. The number of aromatic nitrogens is 3. The average Bonchev–Trinajstić information content (AvgIpc) is 3.71. The number of oxime groups is 1. The second-order valence-electron chi connectivity index (χ2n) is 10.9. The predicted octanol–water partition coefficient (Wildman–Crippen LogP) is 6.30. The Morgan fingerprint density at radius 3 is 2.58 bits per heavy atom. The van der Waals surface area contributed by atoms with Gasteiger partial charge in [-0.05, 0) is 55.6 Å². The molecule has 0 unspecified atom stereocenters. The number of pyridine rings is 1. The van der Waals surface area contributed by atoms with Crippen molar-refractivity contribution in [3.63, 3.8) is 0 Å². The summed E-state index contributed by atoms with van der Waals surface area (Å²) in [6.07, 6.45) is 7.63. The minimum Gasteiger partial charge on any atom is -0.394 e. The smallest absolute Gasteiger partial charge is 0.328 e. The fourth-order valence-electron chi connectivity index (χ4n) is 5.27. The van der Waals surface area contributed by atoms with E-state index in [-0.39, 0.29) is 17.2 Å². The summed E-state index contributed by atoms with van der Waals surface area (Å²) in [5.74, 6) is 0.500. The molecule has 1 aliphatic rings. The van der Waals surface area contributed by atoms with Crippen LogP contribution >= 0.6 is 11.8 Å². The van der Waals surface area contributed by atoms with E-state index in [1.54, 1.807) is 41.9 Å². The molecule has 6 rings (SSSR count). The van der Waals surface area contributed by atoms with E-state index in [2.05, 4.69) is 27.9 Å². The van der Waals surface area contributed by atoms with Crippen molar-refractivity contribution in [1.29, 1.82) is 0 Å². The Balaban J connectivity index is 1.49. The summed E-state index contributed by atoms with van der Waals surface area (Å²) in [5.41, 5.74) is 7.17. The summed E-state index contributed by atoms with van der Waals surface area (Å²) in [4.78, 5) is 27.3. The van der Waals surface area contributed by atoms with Crippen LogP contribution in [-0.2, 0) is 10.6 Å². The van der Waals surface area contributed by atoms with Crippen LogP contribution in [0.5, 0.6) is 0 Å². The van der Waals surface area contributed by atoms with Gasteiger partial charge in [0.05, 0.1) is 5.52 Å². The zero-order valence-corrected chi connectivity index (χ0v) is 25.4. The molecule has 1 amide bonds. The lowest BCUT2D eigenvalue weighted by Crippen LogP contribution is -2.26. The summed E-state index contributed by atoms with van der Waals surface area (Å²) in [6, 6.07) is 18.3. The number of hydrogen-bond donors (Lipinski definition) is 0. The number of nitrogens with zero attached hydrogens (tertiary/aromatic N) is 6. The maximum Gasteiger partial charge on any atom is 0.328 e. The van der Waals surface area contributed by atoms with Gasteiger partial charge in [-0.2, -0.15) is 0 Å². The van der Waals surface area contributed by atoms with E-state index < -0.39 is 0 Å². The van der Waals surface area contributed by atoms with Crippen molar-refractivity contribution in [3.05, 3.63) is 114 Å². The lowest BCUT2D eigenvalue weighted by Gasteiger charge is -2.12. The van der Waals surface area contributed by atoms with Gasteiger partial charge in [0, 0.05) is 79.0 Å². The molecule has 0 radical (unpaired) electrons. The fraction of sp³-hybridized carbons (Fsp3) is 0.242. The van der Waals surface area contributed by atoms with Crippen LogP contribution in [0.1, 0.15) is 27.8 Å². The number of carbonyl (C=O) groups is 1. The molecule has 0 saturated carbocycles. The van der Waals surface area contributed by atoms with Crippen molar-refractivity contribution >= 4 is 34.4 Å². The Labute approximate surface area is 254 Å². The van der Waals surface area contributed by atoms with Gasteiger partial charge in [0.1, 0.15) is 23.5 Å². The summed E-state index contributed by atoms with van der Waals surface area (Å²) in [6.45, 7) is 1.13. The van der Waals surface area contributed by atoms with E-state index in [1.807, 2.05) is 67.4 Å². The summed E-state index contributed by atoms with van der Waals surface area (Å²) >= 11 is 1.84. The van der Waals surface area contributed by atoms with Crippen LogP contribution in [0.2, 0.25) is 0 Å². The molecular weight excluding hydrogens is 563 g/mol. The standard InChI is InChI=1S/C33H33FN6O2S/c1-37(2)16-17-42-36-31(27-13-15-39-30(27)21-43-32(39)24-6-5-14-35-19-24)28-20-40(33(41)38(3)4)29-18-23(9-12-26(28)29)22-7-10-25(34)11-8-22/h5-15,18-20,32H,16-17,21H2,1-4H3/b36-31+/t32-/m1/s1. The lowest BCUT2D eigenvalue weighted by atomic mass is 9.99. The highest BCUT2D eigenvalue weighted by atomic mass is 32.2. The highest BCUT2D eigenvalue weighted by molar-refractivity contribution is 7.99. The maximum atomic E-state index is 13.6. The van der Waals surface area contributed by atoms with Crippen LogP contribution in [0.4, 0.5) is 9.18 Å². The summed E-state index contributed by atoms with van der Waals surface area (Å²) < 4.78 is 17.6. The third-order valence-electron chi connectivity index (χ3n) is 7.49. The number of fused-ring (bicyclic) bond motifs is 2. The van der Waals surface area contributed by atoms with Gasteiger partial charge in [0.15, 0.2) is 0 Å². The Bertz CT molecular complexity index is 1790. The van der Waals surface area contributed by atoms with Gasteiger partial charge in [-0.3, -0.25) is 9.55 Å². The van der Waals surface area contributed by atoms with Gasteiger partial charge in [0.2, 0.25) is 0 Å². The maximum absolute atomic E-state index is 13.6. The highest BCUT2D eigenvalue weighted by Crippen LogP contribution is 2.43. The van der Waals surface area contributed by atoms with Crippen molar-refractivity contribution in [2.75, 3.05) is 41.3 Å². The van der Waals surface area contributed by atoms with Crippen molar-refractivity contribution in [1.82, 2.24) is 23.9 Å². The molecular formula is C33H33FN6O2S. The summed E-state index contributed by atoms with van der Waals surface area (Å²) in [7, 11) is 7.44. The van der Waals surface area contributed by atoms with E-state index >= 15 is 0 Å². The molecule has 4 heterocycles. The zero-order valence-electron chi connectivity index (χ0n) is 24.6. The van der Waals surface area contributed by atoms with Gasteiger partial charge in [0.25, 0.3) is 0 Å². The average molecular weight is 597 g/mol. The molecule has 0 fully saturated rings. The second-order valence-corrected chi connectivity index (χ2v) is 12.0. The predicted molar refractivity (Wildman–Crippen MR) is 170 cm³/mol. The first kappa shape index (κ1) is 28.7. The summed E-state index contributed by atoms with van der Waals surface area (Å²) in [5, 5.41) is 5.70. The van der Waals surface area contributed by atoms with E-state index in [1.165, 1.54) is 12.1 Å². The molecule has 3 aromatic heterocycles. The van der Waals surface area contributed by atoms with E-state index in [4.69, 9.17) is 9.99 Å². The topological polar surface area (TPSA) is 67.9 Å². The molecule has 8 nitrogen and oxygen atoms in total. The van der Waals surface area contributed by atoms with Crippen LogP contribution in [-0.4, -0.2) is 77.0 Å². The molecule has 43 heavy (non-hydrogen) atoms. The number of likely N-dealkylation sites (N-methyl/N-ethyl adjacent to an activating group) is 1. The van der Waals surface area contributed by atoms with Gasteiger partial charge >= 0.3 is 6.03 Å². The number of benzene rings is 2. The van der Waals surface area contributed by atoms with E-state index in [0.717, 1.165) is 50.2 Å². The first-order valence-corrected chi connectivity index (χ1v) is 15.1. The van der Waals surface area contributed by atoms with Crippen LogP contribution in [0.15, 0.2) is 90.6 Å². The Kier molecular flexibility index (Phi) is 8.05. The molecule has 5 aromatic rings. The van der Waals surface area contributed by atoms with Gasteiger partial charge in [-0.25, -0.2) is 9.18 Å². The molecule has 0 bridgehead atoms. The molecule has 2 aromatic carbocycles. The molecule has 1 atom stereocenters. The number of rotatable bonds is 8. The molecule has 0 spiro atoms. The van der Waals surface area contributed by atoms with Gasteiger partial charge in [-0.15, -0.1) is 11.8 Å². The molecule has 0 saturated heterocycles. The molecule has 10 heteroatoms. The highest BCUT2D eigenvalue weighted by Gasteiger charge is 2.30. The molecule has 1 aliphatic heterocycles. The number of thioether (sulfide) groups is 1. The van der Waals surface area contributed by atoms with Gasteiger partial charge in [-0.1, -0.05) is 35.5 Å². The van der Waals surface area contributed by atoms with Crippen LogP contribution in [0.25, 0.3) is 22.0 Å². The van der Waals surface area contributed by atoms with Crippen LogP contribution < -0.4 is 0 Å². The second kappa shape index (κ2) is 12.1. The van der Waals surface area contributed by atoms with Crippen molar-refractivity contribution in [2.45, 2.75) is 11.1 Å². The largest absolute Gasteiger partial charge is 0.394 e. The quantitative estimate of drug-likeness (QED) is 0.120. The number of hydrogen-bond acceptors (Lipinski definition) is 6. The molecule has 220 valence electrons. The Morgan fingerprint density at radius 2 is 1.86 bits per heavy atom. The number of halogens is 1. The monoisotopic (exact) mass is 596 g/mol. The number of amides is 1. The fourth-order valence-corrected chi connectivity index (χ4v) is 6.58. The molecule has 0 N–H and O–H groups in total. The third kappa shape index (κ3) is 5.68. The Hall–Kier alpha value is -4.41. The van der Waals surface area contributed by atoms with Crippen LogP contribution in [0, 0.1) is 5.82 Å². The minimum absolute atomic E-state index is 0.114. The Morgan fingerprint density at radius 1 is 1.07 bits per heavy atom. The van der Waals surface area contributed by atoms with E-state index in [9.17, 15) is 9.18 Å². The van der Waals surface area contributed by atoms with E-state index in [0.29, 0.717) is 18.9 Å². The zero-order chi connectivity index (χ0) is 30.1. The first-order chi connectivity index (χ1) is 20.8. The van der Waals surface area contributed by atoms with Gasteiger partial charge < -0.3 is 19.2 Å². The normalized spacial score (nSPS) is 14.8. The van der Waals surface area contributed by atoms with Crippen molar-refractivity contribution < 1.29 is 14.0 Å². The third-order valence-corrected chi connectivity index (χ3v) is 8.75. The minimum atomic E-state index is -0.294.